The SMILES string of the molecule is C=CCCCc1ccc2c(c1)Cc1cc(CCC=C)ccc1-2. The van der Waals surface area contributed by atoms with Gasteiger partial charge in [-0.25, -0.2) is 0 Å². The summed E-state index contributed by atoms with van der Waals surface area (Å²) in [6, 6.07) is 14.0. The van der Waals surface area contributed by atoms with E-state index < -0.39 is 0 Å². The first-order valence-electron chi connectivity index (χ1n) is 8.27. The van der Waals surface area contributed by atoms with Gasteiger partial charge in [0.15, 0.2) is 0 Å². The van der Waals surface area contributed by atoms with Gasteiger partial charge >= 0.3 is 0 Å². The molecule has 0 unspecified atom stereocenters. The maximum absolute atomic E-state index is 3.81. The second-order valence-electron chi connectivity index (χ2n) is 6.17. The molecule has 0 spiro atoms. The second-order valence-corrected chi connectivity index (χ2v) is 6.17. The summed E-state index contributed by atoms with van der Waals surface area (Å²) < 4.78 is 0. The van der Waals surface area contributed by atoms with Gasteiger partial charge in [0.2, 0.25) is 0 Å². The predicted molar refractivity (Wildman–Crippen MR) is 96.3 cm³/mol. The summed E-state index contributed by atoms with van der Waals surface area (Å²) in [6.45, 7) is 7.61. The predicted octanol–water partition coefficient (Wildman–Crippen LogP) is 5.89. The number of unbranched alkanes of at least 4 members (excludes halogenated alkanes) is 1. The number of rotatable bonds is 7. The van der Waals surface area contributed by atoms with Gasteiger partial charge < -0.3 is 0 Å². The standard InChI is InChI=1S/C22H24/c1-3-5-7-9-18-11-13-22-20(15-18)16-19-14-17(8-6-4-2)10-12-21(19)22/h3-4,10-15H,1-2,5-9,16H2. The molecular formula is C22H24. The third-order valence-corrected chi connectivity index (χ3v) is 4.52. The van der Waals surface area contributed by atoms with E-state index in [2.05, 4.69) is 49.6 Å². The summed E-state index contributed by atoms with van der Waals surface area (Å²) in [5.41, 5.74) is 8.72. The smallest absolute Gasteiger partial charge is 0.00133 e. The minimum atomic E-state index is 1.05. The van der Waals surface area contributed by atoms with Crippen LogP contribution < -0.4 is 0 Å². The highest BCUT2D eigenvalue weighted by molar-refractivity contribution is 5.77. The van der Waals surface area contributed by atoms with Crippen molar-refractivity contribution in [2.75, 3.05) is 0 Å². The van der Waals surface area contributed by atoms with Gasteiger partial charge in [-0.15, -0.1) is 13.2 Å². The Morgan fingerprint density at radius 3 is 1.95 bits per heavy atom. The van der Waals surface area contributed by atoms with Crippen LogP contribution in [0.5, 0.6) is 0 Å². The highest BCUT2D eigenvalue weighted by Crippen LogP contribution is 2.37. The van der Waals surface area contributed by atoms with E-state index in [1.54, 1.807) is 0 Å². The summed E-state index contributed by atoms with van der Waals surface area (Å²) in [4.78, 5) is 0. The van der Waals surface area contributed by atoms with E-state index in [0.717, 1.165) is 32.1 Å². The Balaban J connectivity index is 1.79. The molecule has 0 fully saturated rings. The van der Waals surface area contributed by atoms with Gasteiger partial charge in [-0.2, -0.15) is 0 Å². The van der Waals surface area contributed by atoms with E-state index in [0.29, 0.717) is 0 Å². The quantitative estimate of drug-likeness (QED) is 0.376. The van der Waals surface area contributed by atoms with Gasteiger partial charge in [-0.1, -0.05) is 48.6 Å². The highest BCUT2D eigenvalue weighted by atomic mass is 14.2. The molecule has 0 heterocycles. The Hall–Kier alpha value is -2.08. The first kappa shape index (κ1) is 14.8. The van der Waals surface area contributed by atoms with Crippen LogP contribution in [0.3, 0.4) is 0 Å². The molecule has 0 aliphatic heterocycles. The van der Waals surface area contributed by atoms with Crippen LogP contribution in [0.4, 0.5) is 0 Å². The topological polar surface area (TPSA) is 0 Å². The Morgan fingerprint density at radius 2 is 1.36 bits per heavy atom. The number of hydrogen-bond donors (Lipinski definition) is 0. The minimum absolute atomic E-state index is 1.05. The van der Waals surface area contributed by atoms with Crippen LogP contribution in [0.25, 0.3) is 11.1 Å². The molecule has 0 radical (unpaired) electrons. The van der Waals surface area contributed by atoms with Crippen molar-refractivity contribution in [3.05, 3.63) is 84.0 Å². The van der Waals surface area contributed by atoms with Crippen molar-refractivity contribution in [3.8, 4) is 11.1 Å². The molecule has 0 N–H and O–H groups in total. The van der Waals surface area contributed by atoms with Crippen molar-refractivity contribution < 1.29 is 0 Å². The average molecular weight is 288 g/mol. The highest BCUT2D eigenvalue weighted by Gasteiger charge is 2.18. The zero-order valence-electron chi connectivity index (χ0n) is 13.3. The van der Waals surface area contributed by atoms with Gasteiger partial charge in [-0.05, 0) is 71.9 Å². The average Bonchev–Trinajstić information content (AvgIpc) is 2.90. The minimum Gasteiger partial charge on any atom is -0.103 e. The normalized spacial score (nSPS) is 11.8. The molecule has 0 saturated heterocycles. The van der Waals surface area contributed by atoms with Crippen molar-refractivity contribution in [1.29, 1.82) is 0 Å². The molecule has 0 nitrogen and oxygen atoms in total. The molecule has 1 aliphatic carbocycles. The summed E-state index contributed by atoms with van der Waals surface area (Å²) in [5.74, 6) is 0. The van der Waals surface area contributed by atoms with Crippen molar-refractivity contribution in [2.24, 2.45) is 0 Å². The van der Waals surface area contributed by atoms with Crippen LogP contribution in [0, 0.1) is 0 Å². The Bertz CT molecular complexity index is 691. The molecule has 0 heteroatoms. The van der Waals surface area contributed by atoms with Gasteiger partial charge in [0.25, 0.3) is 0 Å². The molecule has 2 aromatic carbocycles. The number of aryl methyl sites for hydroxylation is 2. The second kappa shape index (κ2) is 6.79. The van der Waals surface area contributed by atoms with Gasteiger partial charge in [0.1, 0.15) is 0 Å². The lowest BCUT2D eigenvalue weighted by atomic mass is 10.00. The fourth-order valence-corrected chi connectivity index (χ4v) is 3.35. The maximum atomic E-state index is 3.81. The zero-order valence-corrected chi connectivity index (χ0v) is 13.3. The fraction of sp³-hybridized carbons (Fsp3) is 0.273. The third kappa shape index (κ3) is 3.06. The lowest BCUT2D eigenvalue weighted by Crippen LogP contribution is -1.88. The summed E-state index contributed by atoms with van der Waals surface area (Å²) in [6.07, 6.45) is 10.7. The monoisotopic (exact) mass is 288 g/mol. The molecule has 0 atom stereocenters. The molecule has 0 saturated carbocycles. The number of benzene rings is 2. The van der Waals surface area contributed by atoms with E-state index in [1.807, 2.05) is 12.2 Å². The van der Waals surface area contributed by atoms with Crippen LogP contribution in [0.1, 0.15) is 41.5 Å². The Morgan fingerprint density at radius 1 is 0.773 bits per heavy atom. The molecule has 22 heavy (non-hydrogen) atoms. The van der Waals surface area contributed by atoms with Gasteiger partial charge in [-0.3, -0.25) is 0 Å². The zero-order chi connectivity index (χ0) is 15.4. The molecule has 112 valence electrons. The van der Waals surface area contributed by atoms with Crippen molar-refractivity contribution in [2.45, 2.75) is 38.5 Å². The molecule has 1 aliphatic rings. The first-order valence-corrected chi connectivity index (χ1v) is 8.27. The van der Waals surface area contributed by atoms with Crippen LogP contribution in [-0.4, -0.2) is 0 Å². The van der Waals surface area contributed by atoms with Gasteiger partial charge in [0, 0.05) is 0 Å². The summed E-state index contributed by atoms with van der Waals surface area (Å²) in [5, 5.41) is 0. The fourth-order valence-electron chi connectivity index (χ4n) is 3.35. The molecular weight excluding hydrogens is 264 g/mol. The maximum Gasteiger partial charge on any atom is -0.00133 e. The van der Waals surface area contributed by atoms with Crippen LogP contribution >= 0.6 is 0 Å². The molecule has 3 rings (SSSR count). The first-order chi connectivity index (χ1) is 10.8. The van der Waals surface area contributed by atoms with Crippen LogP contribution in [0.15, 0.2) is 61.7 Å². The Labute approximate surface area is 134 Å². The van der Waals surface area contributed by atoms with E-state index in [9.17, 15) is 0 Å². The number of fused-ring (bicyclic) bond motifs is 3. The van der Waals surface area contributed by atoms with Crippen molar-refractivity contribution in [3.63, 3.8) is 0 Å². The van der Waals surface area contributed by atoms with E-state index in [1.165, 1.54) is 39.8 Å². The Kier molecular flexibility index (Phi) is 4.58. The van der Waals surface area contributed by atoms with E-state index in [-0.39, 0.29) is 0 Å². The van der Waals surface area contributed by atoms with Crippen molar-refractivity contribution >= 4 is 0 Å². The number of hydrogen-bond acceptors (Lipinski definition) is 0. The largest absolute Gasteiger partial charge is 0.103 e. The summed E-state index contributed by atoms with van der Waals surface area (Å²) in [7, 11) is 0. The molecule has 0 aromatic heterocycles. The van der Waals surface area contributed by atoms with Gasteiger partial charge in [0.05, 0.1) is 0 Å². The third-order valence-electron chi connectivity index (χ3n) is 4.52. The molecule has 0 amide bonds. The van der Waals surface area contributed by atoms with E-state index >= 15 is 0 Å². The molecule has 0 bridgehead atoms. The number of allylic oxidation sites excluding steroid dienone is 2. The summed E-state index contributed by atoms with van der Waals surface area (Å²) >= 11 is 0. The van der Waals surface area contributed by atoms with Crippen molar-refractivity contribution in [1.82, 2.24) is 0 Å². The lowest BCUT2D eigenvalue weighted by molar-refractivity contribution is 0.843. The molecule has 2 aromatic rings. The van der Waals surface area contributed by atoms with E-state index in [4.69, 9.17) is 0 Å². The van der Waals surface area contributed by atoms with Crippen LogP contribution in [0.2, 0.25) is 0 Å². The van der Waals surface area contributed by atoms with Crippen LogP contribution in [-0.2, 0) is 19.3 Å². The lowest BCUT2D eigenvalue weighted by Gasteiger charge is -2.05.